The van der Waals surface area contributed by atoms with Crippen LogP contribution >= 0.6 is 8.38 Å². The van der Waals surface area contributed by atoms with E-state index >= 15 is 0 Å². The number of hydrogen-bond acceptors (Lipinski definition) is 3. The van der Waals surface area contributed by atoms with Gasteiger partial charge in [-0.3, -0.25) is 0 Å². The topological polar surface area (TPSA) is 30.5 Å². The van der Waals surface area contributed by atoms with Gasteiger partial charge in [-0.15, -0.1) is 0 Å². The summed E-state index contributed by atoms with van der Waals surface area (Å²) in [7, 11) is 0.976. The molecule has 0 aliphatic heterocycles. The van der Waals surface area contributed by atoms with Crippen LogP contribution in [0.1, 0.15) is 30.6 Å². The fourth-order valence-corrected chi connectivity index (χ4v) is 4.21. The Bertz CT molecular complexity index is 553. The lowest BCUT2D eigenvalue weighted by molar-refractivity contribution is 0.262. The highest BCUT2D eigenvalue weighted by Crippen LogP contribution is 2.54. The van der Waals surface area contributed by atoms with E-state index in [2.05, 4.69) is 53.8 Å². The van der Waals surface area contributed by atoms with Crippen molar-refractivity contribution in [3.63, 3.8) is 0 Å². The zero-order valence-corrected chi connectivity index (χ0v) is 15.1. The molecule has 0 radical (unpaired) electrons. The van der Waals surface area contributed by atoms with E-state index in [0.29, 0.717) is 13.2 Å². The van der Waals surface area contributed by atoms with Gasteiger partial charge in [0.25, 0.3) is 0 Å². The van der Waals surface area contributed by atoms with Gasteiger partial charge in [-0.1, -0.05) is 42.5 Å². The summed E-state index contributed by atoms with van der Waals surface area (Å²) in [5, 5.41) is 3.17. The summed E-state index contributed by atoms with van der Waals surface area (Å²) in [4.78, 5) is 0. The van der Waals surface area contributed by atoms with Gasteiger partial charge in [-0.25, -0.2) is 0 Å². The van der Waals surface area contributed by atoms with Crippen molar-refractivity contribution < 1.29 is 9.05 Å². The summed E-state index contributed by atoms with van der Waals surface area (Å²) < 4.78 is 11.9. The van der Waals surface area contributed by atoms with Crippen LogP contribution in [0.5, 0.6) is 0 Å². The summed E-state index contributed by atoms with van der Waals surface area (Å²) in [6.45, 7) is 5.40. The molecule has 0 amide bonds. The Kier molecular flexibility index (Phi) is 7.54. The van der Waals surface area contributed by atoms with Crippen molar-refractivity contribution in [1.82, 2.24) is 0 Å². The third kappa shape index (κ3) is 5.31. The number of hydrogen-bond donors (Lipinski definition) is 1. The summed E-state index contributed by atoms with van der Waals surface area (Å²) in [6, 6.07) is 19.1. The third-order valence-electron chi connectivity index (χ3n) is 3.62. The minimum absolute atomic E-state index is 0.234. The minimum Gasteiger partial charge on any atom is -0.388 e. The maximum Gasteiger partial charge on any atom is 0.178 e. The molecule has 0 heterocycles. The Balaban J connectivity index is 2.28. The number of benzene rings is 2. The molecule has 0 aliphatic rings. The van der Waals surface area contributed by atoms with Gasteiger partial charge in [-0.2, -0.15) is 0 Å². The number of rotatable bonds is 9. The second kappa shape index (κ2) is 9.67. The van der Waals surface area contributed by atoms with Crippen LogP contribution in [0, 0.1) is 0 Å². The van der Waals surface area contributed by atoms with Crippen LogP contribution < -0.4 is 5.32 Å². The van der Waals surface area contributed by atoms with E-state index in [-0.39, 0.29) is 5.66 Å². The highest BCUT2D eigenvalue weighted by atomic mass is 31.2. The molecule has 1 unspecified atom stereocenters. The lowest BCUT2D eigenvalue weighted by Gasteiger charge is -2.26. The van der Waals surface area contributed by atoms with Crippen LogP contribution in [0.3, 0.4) is 0 Å². The average Bonchev–Trinajstić information content (AvgIpc) is 2.61. The van der Waals surface area contributed by atoms with Crippen molar-refractivity contribution in [3.8, 4) is 0 Å². The predicted octanol–water partition coefficient (Wildman–Crippen LogP) is 5.40. The van der Waals surface area contributed by atoms with E-state index in [1.807, 2.05) is 27.0 Å². The third-order valence-corrected chi connectivity index (χ3v) is 5.64. The van der Waals surface area contributed by atoms with Crippen molar-refractivity contribution in [2.24, 2.45) is 0 Å². The molecule has 23 heavy (non-hydrogen) atoms. The van der Waals surface area contributed by atoms with E-state index in [1.54, 1.807) is 0 Å². The van der Waals surface area contributed by atoms with Crippen LogP contribution in [0.15, 0.2) is 54.6 Å². The van der Waals surface area contributed by atoms with Crippen molar-refractivity contribution in [2.45, 2.75) is 25.9 Å². The molecule has 0 spiro atoms. The molecule has 0 aliphatic carbocycles. The van der Waals surface area contributed by atoms with Crippen molar-refractivity contribution in [2.75, 3.05) is 25.6 Å². The van der Waals surface area contributed by atoms with Crippen molar-refractivity contribution in [1.29, 1.82) is 0 Å². The van der Waals surface area contributed by atoms with Gasteiger partial charge in [0.05, 0.1) is 18.9 Å². The Morgan fingerprint density at radius 2 is 1.52 bits per heavy atom. The van der Waals surface area contributed by atoms with E-state index in [4.69, 9.17) is 9.05 Å². The van der Waals surface area contributed by atoms with Crippen LogP contribution in [0.25, 0.3) is 0 Å². The zero-order chi connectivity index (χ0) is 16.5. The molecule has 0 aromatic heterocycles. The smallest absolute Gasteiger partial charge is 0.178 e. The summed E-state index contributed by atoms with van der Waals surface area (Å²) in [5.74, 6) is 0. The van der Waals surface area contributed by atoms with Crippen LogP contribution in [0.2, 0.25) is 0 Å². The zero-order valence-electron chi connectivity index (χ0n) is 14.2. The Hall–Kier alpha value is -1.41. The molecule has 4 heteroatoms. The molecule has 0 bridgehead atoms. The van der Waals surface area contributed by atoms with Gasteiger partial charge in [-0.05, 0) is 43.5 Å². The second-order valence-corrected chi connectivity index (χ2v) is 6.91. The molecular formula is C19H26NO2P. The van der Waals surface area contributed by atoms with Gasteiger partial charge in [0.2, 0.25) is 0 Å². The molecule has 2 aromatic rings. The maximum absolute atomic E-state index is 5.95. The van der Waals surface area contributed by atoms with Crippen molar-refractivity contribution >= 4 is 14.1 Å². The Morgan fingerprint density at radius 3 is 2.04 bits per heavy atom. The number of anilines is 1. The average molecular weight is 331 g/mol. The molecule has 0 fully saturated rings. The summed E-state index contributed by atoms with van der Waals surface area (Å²) in [6.07, 6.45) is 0.922. The highest BCUT2D eigenvalue weighted by Gasteiger charge is 2.25. The SMILES string of the molecule is CCOP(OCC)C(Cc1ccccc1)c1ccc(NC)cc1. The van der Waals surface area contributed by atoms with E-state index in [1.165, 1.54) is 11.1 Å². The number of nitrogens with one attached hydrogen (secondary N) is 1. The maximum atomic E-state index is 5.95. The molecule has 0 saturated carbocycles. The summed E-state index contributed by atoms with van der Waals surface area (Å²) >= 11 is 0. The molecule has 2 aromatic carbocycles. The molecular weight excluding hydrogens is 305 g/mol. The van der Waals surface area contributed by atoms with E-state index in [0.717, 1.165) is 12.1 Å². The van der Waals surface area contributed by atoms with Gasteiger partial charge < -0.3 is 14.4 Å². The quantitative estimate of drug-likeness (QED) is 0.624. The van der Waals surface area contributed by atoms with Gasteiger partial charge in [0, 0.05) is 12.7 Å². The lowest BCUT2D eigenvalue weighted by atomic mass is 10.0. The van der Waals surface area contributed by atoms with Gasteiger partial charge >= 0.3 is 0 Å². The first-order valence-electron chi connectivity index (χ1n) is 8.15. The van der Waals surface area contributed by atoms with Crippen LogP contribution in [-0.4, -0.2) is 20.3 Å². The van der Waals surface area contributed by atoms with Crippen LogP contribution in [-0.2, 0) is 15.5 Å². The van der Waals surface area contributed by atoms with Crippen LogP contribution in [0.4, 0.5) is 5.69 Å². The van der Waals surface area contributed by atoms with Gasteiger partial charge in [0.1, 0.15) is 0 Å². The first-order valence-corrected chi connectivity index (χ1v) is 9.39. The Morgan fingerprint density at radius 1 is 0.913 bits per heavy atom. The highest BCUT2D eigenvalue weighted by molar-refractivity contribution is 7.47. The lowest BCUT2D eigenvalue weighted by Crippen LogP contribution is -2.06. The second-order valence-electron chi connectivity index (χ2n) is 5.20. The first kappa shape index (κ1) is 17.9. The molecule has 124 valence electrons. The molecule has 2 rings (SSSR count). The van der Waals surface area contributed by atoms with Gasteiger partial charge in [0.15, 0.2) is 8.38 Å². The van der Waals surface area contributed by atoms with Crippen molar-refractivity contribution in [3.05, 3.63) is 65.7 Å². The molecule has 1 atom stereocenters. The molecule has 0 saturated heterocycles. The Labute approximate surface area is 140 Å². The first-order chi connectivity index (χ1) is 11.3. The normalized spacial score (nSPS) is 12.3. The predicted molar refractivity (Wildman–Crippen MR) is 99.0 cm³/mol. The standard InChI is InChI=1S/C19H26NO2P/c1-4-21-23(22-5-2)19(15-16-9-7-6-8-10-16)17-11-13-18(20-3)14-12-17/h6-14,19-20H,4-5,15H2,1-3H3. The van der Waals surface area contributed by atoms with E-state index < -0.39 is 8.38 Å². The molecule has 1 N–H and O–H groups in total. The molecule has 3 nitrogen and oxygen atoms in total. The minimum atomic E-state index is -0.959. The largest absolute Gasteiger partial charge is 0.388 e. The fraction of sp³-hybridized carbons (Fsp3) is 0.368. The summed E-state index contributed by atoms with van der Waals surface area (Å²) in [5.41, 5.74) is 3.92. The van der Waals surface area contributed by atoms with E-state index in [9.17, 15) is 0 Å². The monoisotopic (exact) mass is 331 g/mol. The fourth-order valence-electron chi connectivity index (χ4n) is 2.50.